The molecule has 4 nitrogen and oxygen atoms in total. The molecule has 0 aliphatic heterocycles. The molecular formula is C19H22N2O2. The molecule has 0 spiro atoms. The Morgan fingerprint density at radius 1 is 1.22 bits per heavy atom. The van der Waals surface area contributed by atoms with E-state index in [1.807, 2.05) is 61.5 Å². The van der Waals surface area contributed by atoms with Crippen LogP contribution in [0.3, 0.4) is 0 Å². The molecule has 0 heterocycles. The lowest BCUT2D eigenvalue weighted by atomic mass is 10.1. The molecule has 0 bridgehead atoms. The van der Waals surface area contributed by atoms with Gasteiger partial charge >= 0.3 is 0 Å². The third-order valence-corrected chi connectivity index (χ3v) is 3.33. The number of carbonyl (C=O) groups is 1. The lowest BCUT2D eigenvalue weighted by Gasteiger charge is -2.15. The maximum atomic E-state index is 12.0. The van der Waals surface area contributed by atoms with E-state index >= 15 is 0 Å². The average Bonchev–Trinajstić information content (AvgIpc) is 2.59. The van der Waals surface area contributed by atoms with Crippen molar-refractivity contribution in [2.75, 3.05) is 18.5 Å². The Morgan fingerprint density at radius 2 is 2.00 bits per heavy atom. The summed E-state index contributed by atoms with van der Waals surface area (Å²) in [4.78, 5) is 12.0. The van der Waals surface area contributed by atoms with Gasteiger partial charge in [0.25, 0.3) is 0 Å². The summed E-state index contributed by atoms with van der Waals surface area (Å²) >= 11 is 0. The van der Waals surface area contributed by atoms with E-state index in [2.05, 4.69) is 17.2 Å². The number of anilines is 1. The van der Waals surface area contributed by atoms with Gasteiger partial charge in [-0.25, -0.2) is 0 Å². The number of hydrogen-bond donors (Lipinski definition) is 2. The summed E-state index contributed by atoms with van der Waals surface area (Å²) in [6.45, 7) is 6.25. The number of carbonyl (C=O) groups excluding carboxylic acids is 1. The maximum Gasteiger partial charge on any atom is 0.239 e. The van der Waals surface area contributed by atoms with Gasteiger partial charge in [-0.2, -0.15) is 0 Å². The minimum Gasteiger partial charge on any atom is -0.489 e. The van der Waals surface area contributed by atoms with Crippen LogP contribution in [0.1, 0.15) is 18.5 Å². The number of benzene rings is 2. The first kappa shape index (κ1) is 16.6. The Morgan fingerprint density at radius 3 is 2.74 bits per heavy atom. The lowest BCUT2D eigenvalue weighted by Crippen LogP contribution is -2.32. The summed E-state index contributed by atoms with van der Waals surface area (Å²) in [5.41, 5.74) is 1.93. The predicted molar refractivity (Wildman–Crippen MR) is 93.6 cm³/mol. The molecule has 120 valence electrons. The maximum absolute atomic E-state index is 12.0. The summed E-state index contributed by atoms with van der Waals surface area (Å²) in [6.07, 6.45) is 1.69. The molecule has 4 heteroatoms. The van der Waals surface area contributed by atoms with Crippen molar-refractivity contribution < 1.29 is 9.53 Å². The molecule has 0 fully saturated rings. The third kappa shape index (κ3) is 5.51. The van der Waals surface area contributed by atoms with Crippen molar-refractivity contribution in [3.05, 3.63) is 72.8 Å². The molecule has 0 saturated heterocycles. The monoisotopic (exact) mass is 310 g/mol. The van der Waals surface area contributed by atoms with E-state index in [9.17, 15) is 4.79 Å². The zero-order valence-corrected chi connectivity index (χ0v) is 13.3. The van der Waals surface area contributed by atoms with Gasteiger partial charge in [-0.1, -0.05) is 49.1 Å². The number of ether oxygens (including phenoxy) is 1. The second kappa shape index (κ2) is 8.63. The van der Waals surface area contributed by atoms with Crippen LogP contribution in [0.15, 0.2) is 67.3 Å². The molecule has 0 aliphatic rings. The van der Waals surface area contributed by atoms with Gasteiger partial charge in [0, 0.05) is 11.8 Å². The summed E-state index contributed by atoms with van der Waals surface area (Å²) < 4.78 is 5.47. The van der Waals surface area contributed by atoms with Crippen molar-refractivity contribution in [1.82, 2.24) is 5.32 Å². The van der Waals surface area contributed by atoms with Crippen LogP contribution in [0.4, 0.5) is 5.69 Å². The molecule has 1 amide bonds. The fourth-order valence-corrected chi connectivity index (χ4v) is 2.15. The van der Waals surface area contributed by atoms with Gasteiger partial charge in [-0.15, -0.1) is 0 Å². The molecular weight excluding hydrogens is 288 g/mol. The number of nitrogens with one attached hydrogen (secondary N) is 2. The molecule has 2 N–H and O–H groups in total. The first-order valence-corrected chi connectivity index (χ1v) is 7.61. The van der Waals surface area contributed by atoms with E-state index in [1.54, 1.807) is 6.08 Å². The first-order chi connectivity index (χ1) is 11.2. The molecule has 0 aromatic heterocycles. The van der Waals surface area contributed by atoms with E-state index in [-0.39, 0.29) is 18.5 Å². The van der Waals surface area contributed by atoms with Crippen molar-refractivity contribution in [3.63, 3.8) is 0 Å². The largest absolute Gasteiger partial charge is 0.489 e. The second-order valence-electron chi connectivity index (χ2n) is 5.18. The van der Waals surface area contributed by atoms with Crippen molar-refractivity contribution in [1.29, 1.82) is 0 Å². The highest BCUT2D eigenvalue weighted by atomic mass is 16.5. The van der Waals surface area contributed by atoms with Gasteiger partial charge in [0.15, 0.2) is 0 Å². The predicted octanol–water partition coefficient (Wildman–Crippen LogP) is 3.54. The van der Waals surface area contributed by atoms with Gasteiger partial charge in [-0.05, 0) is 24.6 Å². The molecule has 2 rings (SSSR count). The Balaban J connectivity index is 1.83. The Hall–Kier alpha value is -2.75. The van der Waals surface area contributed by atoms with Crippen LogP contribution in [0.25, 0.3) is 0 Å². The normalized spacial score (nSPS) is 11.3. The van der Waals surface area contributed by atoms with Gasteiger partial charge < -0.3 is 15.4 Å². The SMILES string of the molecule is C=CCOc1cccc(NCC(=O)NC(C)c2ccccc2)c1. The zero-order chi connectivity index (χ0) is 16.5. The molecule has 0 radical (unpaired) electrons. The van der Waals surface area contributed by atoms with Crippen LogP contribution in [-0.4, -0.2) is 19.1 Å². The quantitative estimate of drug-likeness (QED) is 0.733. The van der Waals surface area contributed by atoms with Crippen molar-refractivity contribution in [3.8, 4) is 5.75 Å². The molecule has 2 aromatic rings. The lowest BCUT2D eigenvalue weighted by molar-refractivity contribution is -0.120. The Labute approximate surface area is 137 Å². The van der Waals surface area contributed by atoms with Crippen LogP contribution < -0.4 is 15.4 Å². The Bertz CT molecular complexity index is 641. The van der Waals surface area contributed by atoms with Gasteiger partial charge in [0.05, 0.1) is 12.6 Å². The summed E-state index contributed by atoms with van der Waals surface area (Å²) in [7, 11) is 0. The first-order valence-electron chi connectivity index (χ1n) is 7.61. The van der Waals surface area contributed by atoms with E-state index in [0.29, 0.717) is 6.61 Å². The molecule has 23 heavy (non-hydrogen) atoms. The van der Waals surface area contributed by atoms with E-state index in [4.69, 9.17) is 4.74 Å². The van der Waals surface area contributed by atoms with Crippen LogP contribution in [0, 0.1) is 0 Å². The van der Waals surface area contributed by atoms with Gasteiger partial charge in [-0.3, -0.25) is 4.79 Å². The van der Waals surface area contributed by atoms with E-state index < -0.39 is 0 Å². The molecule has 0 saturated carbocycles. The van der Waals surface area contributed by atoms with Gasteiger partial charge in [0.2, 0.25) is 5.91 Å². The number of amides is 1. The second-order valence-corrected chi connectivity index (χ2v) is 5.18. The third-order valence-electron chi connectivity index (χ3n) is 3.33. The van der Waals surface area contributed by atoms with Crippen molar-refractivity contribution in [2.24, 2.45) is 0 Å². The zero-order valence-electron chi connectivity index (χ0n) is 13.3. The Kier molecular flexibility index (Phi) is 6.24. The van der Waals surface area contributed by atoms with Crippen molar-refractivity contribution in [2.45, 2.75) is 13.0 Å². The molecule has 0 aliphatic carbocycles. The topological polar surface area (TPSA) is 50.4 Å². The smallest absolute Gasteiger partial charge is 0.239 e. The fraction of sp³-hybridized carbons (Fsp3) is 0.211. The molecule has 2 aromatic carbocycles. The fourth-order valence-electron chi connectivity index (χ4n) is 2.15. The minimum absolute atomic E-state index is 0.0206. The number of hydrogen-bond acceptors (Lipinski definition) is 3. The molecule has 1 unspecified atom stereocenters. The summed E-state index contributed by atoms with van der Waals surface area (Å²) in [5.74, 6) is 0.687. The van der Waals surface area contributed by atoms with Gasteiger partial charge in [0.1, 0.15) is 12.4 Å². The number of rotatable bonds is 8. The highest BCUT2D eigenvalue weighted by Crippen LogP contribution is 2.17. The summed E-state index contributed by atoms with van der Waals surface area (Å²) in [6, 6.07) is 17.4. The summed E-state index contributed by atoms with van der Waals surface area (Å²) in [5, 5.41) is 6.07. The van der Waals surface area contributed by atoms with E-state index in [1.165, 1.54) is 0 Å². The highest BCUT2D eigenvalue weighted by molar-refractivity contribution is 5.81. The van der Waals surface area contributed by atoms with Crippen LogP contribution in [-0.2, 0) is 4.79 Å². The van der Waals surface area contributed by atoms with Crippen LogP contribution in [0.2, 0.25) is 0 Å². The minimum atomic E-state index is -0.0567. The van der Waals surface area contributed by atoms with Crippen LogP contribution in [0.5, 0.6) is 5.75 Å². The average molecular weight is 310 g/mol. The molecule has 1 atom stereocenters. The van der Waals surface area contributed by atoms with Crippen LogP contribution >= 0.6 is 0 Å². The highest BCUT2D eigenvalue weighted by Gasteiger charge is 2.08. The van der Waals surface area contributed by atoms with Crippen molar-refractivity contribution >= 4 is 11.6 Å². The standard InChI is InChI=1S/C19H22N2O2/c1-3-12-23-18-11-7-10-17(13-18)20-14-19(22)21-15(2)16-8-5-4-6-9-16/h3-11,13,15,20H,1,12,14H2,2H3,(H,21,22). The van der Waals surface area contributed by atoms with E-state index in [0.717, 1.165) is 17.0 Å².